The summed E-state index contributed by atoms with van der Waals surface area (Å²) in [5, 5.41) is 3.32. The average Bonchev–Trinajstić information content (AvgIpc) is 2.93. The molecule has 4 rings (SSSR count). The quantitative estimate of drug-likeness (QED) is 0.304. The van der Waals surface area contributed by atoms with E-state index in [1.54, 1.807) is 11.8 Å². The van der Waals surface area contributed by atoms with Gasteiger partial charge in [0.05, 0.1) is 5.75 Å². The minimum absolute atomic E-state index is 0.00446. The van der Waals surface area contributed by atoms with Crippen LogP contribution in [0.25, 0.3) is 0 Å². The molecule has 38 heavy (non-hydrogen) atoms. The molecule has 0 heterocycles. The van der Waals surface area contributed by atoms with Crippen LogP contribution in [0.4, 0.5) is 0 Å². The van der Waals surface area contributed by atoms with E-state index in [0.717, 1.165) is 48.1 Å². The number of carbonyl (C=O) groups is 2. The summed E-state index contributed by atoms with van der Waals surface area (Å²) in [5.74, 6) is 1.08. The van der Waals surface area contributed by atoms with Crippen LogP contribution in [-0.2, 0) is 28.3 Å². The molecule has 5 heteroatoms. The van der Waals surface area contributed by atoms with Crippen LogP contribution in [0.15, 0.2) is 78.9 Å². The first-order valence-corrected chi connectivity index (χ1v) is 15.0. The molecule has 3 aromatic rings. The molecular formula is C33H40N2O2S. The zero-order valence-corrected chi connectivity index (χ0v) is 23.5. The topological polar surface area (TPSA) is 49.4 Å². The molecule has 0 aliphatic heterocycles. The monoisotopic (exact) mass is 528 g/mol. The fraction of sp³-hybridized carbons (Fsp3) is 0.394. The Labute approximate surface area is 232 Å². The molecule has 2 amide bonds. The number of thioether (sulfide) groups is 1. The van der Waals surface area contributed by atoms with Crippen molar-refractivity contribution in [1.82, 2.24) is 10.2 Å². The smallest absolute Gasteiger partial charge is 0.243 e. The fourth-order valence-electron chi connectivity index (χ4n) is 5.21. The highest BCUT2D eigenvalue weighted by atomic mass is 32.2. The van der Waals surface area contributed by atoms with E-state index >= 15 is 0 Å². The third-order valence-corrected chi connectivity index (χ3v) is 8.37. The van der Waals surface area contributed by atoms with E-state index in [1.807, 2.05) is 59.5 Å². The van der Waals surface area contributed by atoms with Crippen LogP contribution < -0.4 is 5.32 Å². The van der Waals surface area contributed by atoms with Crippen molar-refractivity contribution in [1.29, 1.82) is 0 Å². The van der Waals surface area contributed by atoms with Gasteiger partial charge in [-0.1, -0.05) is 104 Å². The number of hydrogen-bond acceptors (Lipinski definition) is 3. The van der Waals surface area contributed by atoms with Gasteiger partial charge in [0.2, 0.25) is 11.8 Å². The number of rotatable bonds is 11. The zero-order valence-electron chi connectivity index (χ0n) is 22.7. The second-order valence-corrected chi connectivity index (χ2v) is 11.5. The molecule has 1 aliphatic carbocycles. The third kappa shape index (κ3) is 8.22. The van der Waals surface area contributed by atoms with Crippen LogP contribution in [0.1, 0.15) is 59.9 Å². The summed E-state index contributed by atoms with van der Waals surface area (Å²) in [5.41, 5.74) is 5.73. The Hall–Kier alpha value is -3.05. The van der Waals surface area contributed by atoms with Gasteiger partial charge in [-0.05, 0) is 48.9 Å². The Kier molecular flexibility index (Phi) is 10.5. The summed E-state index contributed by atoms with van der Waals surface area (Å²) in [7, 11) is 0. The predicted octanol–water partition coefficient (Wildman–Crippen LogP) is 6.63. The number of nitrogens with one attached hydrogen (secondary N) is 1. The van der Waals surface area contributed by atoms with Gasteiger partial charge in [-0.25, -0.2) is 0 Å². The molecule has 0 radical (unpaired) electrons. The molecular weight excluding hydrogens is 488 g/mol. The molecule has 4 nitrogen and oxygen atoms in total. The molecule has 1 saturated carbocycles. The van der Waals surface area contributed by atoms with Crippen LogP contribution in [0.5, 0.6) is 0 Å². The van der Waals surface area contributed by atoms with E-state index in [1.165, 1.54) is 17.5 Å². The summed E-state index contributed by atoms with van der Waals surface area (Å²) in [6.45, 7) is 4.58. The number of hydrogen-bond donors (Lipinski definition) is 1. The van der Waals surface area contributed by atoms with Crippen LogP contribution in [0.3, 0.4) is 0 Å². The summed E-state index contributed by atoms with van der Waals surface area (Å²) < 4.78 is 0. The summed E-state index contributed by atoms with van der Waals surface area (Å²) in [4.78, 5) is 29.5. The first-order chi connectivity index (χ1) is 18.5. The van der Waals surface area contributed by atoms with Crippen molar-refractivity contribution in [3.05, 3.63) is 107 Å². The van der Waals surface area contributed by atoms with Crippen LogP contribution >= 0.6 is 11.8 Å². The molecule has 1 fully saturated rings. The lowest BCUT2D eigenvalue weighted by Gasteiger charge is -2.33. The third-order valence-electron chi connectivity index (χ3n) is 7.40. The lowest BCUT2D eigenvalue weighted by molar-refractivity contribution is -0.139. The Morgan fingerprint density at radius 3 is 2.34 bits per heavy atom. The molecule has 0 bridgehead atoms. The number of carbonyl (C=O) groups excluding carboxylic acids is 2. The fourth-order valence-corrected chi connectivity index (χ4v) is 6.20. The van der Waals surface area contributed by atoms with Gasteiger partial charge in [-0.3, -0.25) is 9.59 Å². The average molecular weight is 529 g/mol. The van der Waals surface area contributed by atoms with E-state index < -0.39 is 6.04 Å². The van der Waals surface area contributed by atoms with Crippen molar-refractivity contribution in [3.8, 4) is 0 Å². The standard InChI is InChI=1S/C33H40N2O2S/c1-25-12-11-16-28(20-25)22-35(32(36)24-38-23-29-17-10-9-13-26(29)2)31(21-27-14-5-3-6-15-27)33(37)34-30-18-7-4-8-19-30/h3,5-6,9-17,20,30-31H,4,7-8,18-19,21-24H2,1-2H3,(H,34,37). The Morgan fingerprint density at radius 2 is 1.61 bits per heavy atom. The number of nitrogens with zero attached hydrogens (tertiary/aromatic N) is 1. The molecule has 0 aromatic heterocycles. The molecule has 1 atom stereocenters. The maximum absolute atomic E-state index is 13.9. The van der Waals surface area contributed by atoms with Crippen molar-refractivity contribution >= 4 is 23.6 Å². The van der Waals surface area contributed by atoms with Crippen molar-refractivity contribution in [2.24, 2.45) is 0 Å². The maximum Gasteiger partial charge on any atom is 0.243 e. The van der Waals surface area contributed by atoms with Crippen LogP contribution in [0.2, 0.25) is 0 Å². The first kappa shape index (κ1) is 28.0. The highest BCUT2D eigenvalue weighted by molar-refractivity contribution is 7.99. The van der Waals surface area contributed by atoms with E-state index in [2.05, 4.69) is 43.4 Å². The van der Waals surface area contributed by atoms with Crippen molar-refractivity contribution < 1.29 is 9.59 Å². The summed E-state index contributed by atoms with van der Waals surface area (Å²) in [6.07, 6.45) is 6.06. The highest BCUT2D eigenvalue weighted by Gasteiger charge is 2.31. The summed E-state index contributed by atoms with van der Waals surface area (Å²) >= 11 is 1.62. The predicted molar refractivity (Wildman–Crippen MR) is 158 cm³/mol. The minimum atomic E-state index is -0.564. The summed E-state index contributed by atoms with van der Waals surface area (Å²) in [6, 6.07) is 26.2. The number of amides is 2. The minimum Gasteiger partial charge on any atom is -0.352 e. The molecule has 1 unspecified atom stereocenters. The Balaban J connectivity index is 1.57. The first-order valence-electron chi connectivity index (χ1n) is 13.8. The van der Waals surface area contributed by atoms with Gasteiger partial charge in [0, 0.05) is 24.8 Å². The molecule has 0 saturated heterocycles. The second-order valence-electron chi connectivity index (χ2n) is 10.5. The number of benzene rings is 3. The largest absolute Gasteiger partial charge is 0.352 e. The molecule has 3 aromatic carbocycles. The SMILES string of the molecule is Cc1cccc(CN(C(=O)CSCc2ccccc2C)C(Cc2ccccc2)C(=O)NC2CCCCC2)c1. The lowest BCUT2D eigenvalue weighted by atomic mass is 9.94. The normalized spacial score (nSPS) is 14.6. The van der Waals surface area contributed by atoms with Gasteiger partial charge in [0.1, 0.15) is 6.04 Å². The molecule has 0 spiro atoms. The van der Waals surface area contributed by atoms with Gasteiger partial charge >= 0.3 is 0 Å². The van der Waals surface area contributed by atoms with Crippen molar-refractivity contribution in [3.63, 3.8) is 0 Å². The van der Waals surface area contributed by atoms with Crippen LogP contribution in [0, 0.1) is 13.8 Å². The molecule has 200 valence electrons. The highest BCUT2D eigenvalue weighted by Crippen LogP contribution is 2.22. The maximum atomic E-state index is 13.9. The molecule has 1 N–H and O–H groups in total. The van der Waals surface area contributed by atoms with E-state index in [9.17, 15) is 9.59 Å². The van der Waals surface area contributed by atoms with Crippen molar-refractivity contribution in [2.75, 3.05) is 5.75 Å². The van der Waals surface area contributed by atoms with Gasteiger partial charge in [-0.15, -0.1) is 11.8 Å². The zero-order chi connectivity index (χ0) is 26.7. The Morgan fingerprint density at radius 1 is 0.895 bits per heavy atom. The molecule has 1 aliphatic rings. The van der Waals surface area contributed by atoms with E-state index in [0.29, 0.717) is 18.7 Å². The number of aryl methyl sites for hydroxylation is 2. The Bertz CT molecular complexity index is 1190. The van der Waals surface area contributed by atoms with Gasteiger partial charge < -0.3 is 10.2 Å². The van der Waals surface area contributed by atoms with E-state index in [-0.39, 0.29) is 17.9 Å². The van der Waals surface area contributed by atoms with E-state index in [4.69, 9.17) is 0 Å². The van der Waals surface area contributed by atoms with Gasteiger partial charge in [-0.2, -0.15) is 0 Å². The van der Waals surface area contributed by atoms with Gasteiger partial charge in [0.15, 0.2) is 0 Å². The lowest BCUT2D eigenvalue weighted by Crippen LogP contribution is -2.53. The second kappa shape index (κ2) is 14.2. The van der Waals surface area contributed by atoms with Gasteiger partial charge in [0.25, 0.3) is 0 Å². The van der Waals surface area contributed by atoms with Crippen molar-refractivity contribution in [2.45, 2.75) is 76.8 Å². The van der Waals surface area contributed by atoms with Crippen LogP contribution in [-0.4, -0.2) is 34.6 Å².